The zero-order chi connectivity index (χ0) is 22.4. The van der Waals surface area contributed by atoms with Crippen molar-refractivity contribution in [2.24, 2.45) is 5.92 Å². The fourth-order valence-corrected chi connectivity index (χ4v) is 7.80. The van der Waals surface area contributed by atoms with Gasteiger partial charge in [0, 0.05) is 23.9 Å². The number of para-hydroxylation sites is 1. The summed E-state index contributed by atoms with van der Waals surface area (Å²) in [6.07, 6.45) is 2.64. The molecule has 0 bridgehead atoms. The van der Waals surface area contributed by atoms with Gasteiger partial charge in [-0.05, 0) is 73.7 Å². The van der Waals surface area contributed by atoms with Crippen molar-refractivity contribution >= 4 is 44.2 Å². The van der Waals surface area contributed by atoms with Crippen molar-refractivity contribution in [1.82, 2.24) is 10.2 Å². The Labute approximate surface area is 206 Å². The number of halogens is 1. The Morgan fingerprint density at radius 1 is 0.882 bits per heavy atom. The van der Waals surface area contributed by atoms with Crippen LogP contribution in [0.25, 0.3) is 21.9 Å². The molecule has 1 N–H and O–H groups in total. The first-order chi connectivity index (χ1) is 16.1. The van der Waals surface area contributed by atoms with Gasteiger partial charge < -0.3 is 9.73 Å². The number of nitrogens with one attached hydrogen (secondary N) is 1. The van der Waals surface area contributed by atoms with Gasteiger partial charge in [-0.1, -0.05) is 42.5 Å². The molecule has 0 aliphatic carbocycles. The van der Waals surface area contributed by atoms with E-state index < -0.39 is 15.2 Å². The highest BCUT2D eigenvalue weighted by Gasteiger charge is 2.40. The Balaban J connectivity index is 0.00000241. The summed E-state index contributed by atoms with van der Waals surface area (Å²) < 4.78 is 34.4. The van der Waals surface area contributed by atoms with Gasteiger partial charge in [0.15, 0.2) is 9.84 Å². The number of piperidine rings is 1. The van der Waals surface area contributed by atoms with Crippen molar-refractivity contribution in [3.05, 3.63) is 77.9 Å². The van der Waals surface area contributed by atoms with Crippen molar-refractivity contribution in [1.29, 1.82) is 0 Å². The van der Waals surface area contributed by atoms with Crippen molar-refractivity contribution in [2.45, 2.75) is 36.1 Å². The molecule has 2 aliphatic heterocycles. The van der Waals surface area contributed by atoms with E-state index in [2.05, 4.69) is 28.4 Å². The van der Waals surface area contributed by atoms with E-state index in [-0.39, 0.29) is 18.3 Å². The van der Waals surface area contributed by atoms with Gasteiger partial charge in [-0.25, -0.2) is 8.42 Å². The molecule has 3 heterocycles. The molecule has 178 valence electrons. The van der Waals surface area contributed by atoms with Crippen LogP contribution in [0.5, 0.6) is 0 Å². The molecule has 6 rings (SSSR count). The largest absolute Gasteiger partial charge is 0.456 e. The Morgan fingerprint density at radius 2 is 1.59 bits per heavy atom. The minimum Gasteiger partial charge on any atom is -0.456 e. The average Bonchev–Trinajstić information content (AvgIpc) is 3.23. The number of fused-ring (bicyclic) bond motifs is 4. The Hall–Kier alpha value is -2.38. The predicted octanol–water partition coefficient (Wildman–Crippen LogP) is 5.17. The normalized spacial score (nSPS) is 18.5. The summed E-state index contributed by atoms with van der Waals surface area (Å²) in [6, 6.07) is 21.6. The van der Waals surface area contributed by atoms with Gasteiger partial charge in [0.25, 0.3) is 0 Å². The minimum atomic E-state index is -3.58. The highest BCUT2D eigenvalue weighted by Crippen LogP contribution is 2.36. The van der Waals surface area contributed by atoms with Crippen molar-refractivity contribution in [2.75, 3.05) is 19.6 Å². The molecule has 5 nitrogen and oxygen atoms in total. The van der Waals surface area contributed by atoms with Crippen molar-refractivity contribution in [3.63, 3.8) is 0 Å². The molecule has 0 saturated carbocycles. The Morgan fingerprint density at radius 3 is 2.41 bits per heavy atom. The van der Waals surface area contributed by atoms with E-state index >= 15 is 0 Å². The summed E-state index contributed by atoms with van der Waals surface area (Å²) in [5, 5.41) is 4.68. The second kappa shape index (κ2) is 9.34. The maximum atomic E-state index is 14.3. The van der Waals surface area contributed by atoms with E-state index in [1.807, 2.05) is 42.5 Å². The SMILES string of the molecule is Cl.O=S(=O)(c1ccc2oc3ccccc3c2c1)C(C1CCNCC1)N1CCc2ccccc2C1. The molecule has 0 spiro atoms. The molecular weight excluding hydrogens is 468 g/mol. The summed E-state index contributed by atoms with van der Waals surface area (Å²) in [5.41, 5.74) is 4.08. The van der Waals surface area contributed by atoms with Crippen molar-refractivity contribution in [3.8, 4) is 0 Å². The topological polar surface area (TPSA) is 62.6 Å². The maximum Gasteiger partial charge on any atom is 0.194 e. The number of nitrogens with zero attached hydrogens (tertiary/aromatic N) is 1. The van der Waals surface area contributed by atoms with Crippen LogP contribution in [-0.4, -0.2) is 38.3 Å². The minimum absolute atomic E-state index is 0. The smallest absolute Gasteiger partial charge is 0.194 e. The van der Waals surface area contributed by atoms with Gasteiger partial charge in [-0.2, -0.15) is 0 Å². The number of furan rings is 1. The highest BCUT2D eigenvalue weighted by molar-refractivity contribution is 7.92. The fraction of sp³-hybridized carbons (Fsp3) is 0.333. The number of hydrogen-bond donors (Lipinski definition) is 1. The summed E-state index contributed by atoms with van der Waals surface area (Å²) >= 11 is 0. The maximum absolute atomic E-state index is 14.3. The molecular formula is C27H29ClN2O3S. The molecule has 34 heavy (non-hydrogen) atoms. The molecule has 1 unspecified atom stereocenters. The van der Waals surface area contributed by atoms with E-state index in [4.69, 9.17) is 4.42 Å². The zero-order valence-corrected chi connectivity index (χ0v) is 20.6. The van der Waals surface area contributed by atoms with Gasteiger partial charge in [-0.15, -0.1) is 12.4 Å². The Kier molecular flexibility index (Phi) is 6.42. The van der Waals surface area contributed by atoms with Crippen LogP contribution in [0.1, 0.15) is 24.0 Å². The average molecular weight is 497 g/mol. The lowest BCUT2D eigenvalue weighted by molar-refractivity contribution is 0.159. The van der Waals surface area contributed by atoms with E-state index in [0.717, 1.165) is 60.8 Å². The van der Waals surface area contributed by atoms with Crippen LogP contribution < -0.4 is 5.32 Å². The molecule has 2 aliphatic rings. The lowest BCUT2D eigenvalue weighted by Crippen LogP contribution is -2.50. The first-order valence-corrected chi connectivity index (χ1v) is 13.3. The predicted molar refractivity (Wildman–Crippen MR) is 138 cm³/mol. The molecule has 1 saturated heterocycles. The molecule has 0 amide bonds. The van der Waals surface area contributed by atoms with Gasteiger partial charge in [0.1, 0.15) is 16.5 Å². The molecule has 7 heteroatoms. The third kappa shape index (κ3) is 4.03. The second-order valence-corrected chi connectivity index (χ2v) is 11.3. The number of rotatable bonds is 4. The fourth-order valence-electron chi connectivity index (χ4n) is 5.63. The first-order valence-electron chi connectivity index (χ1n) is 11.8. The van der Waals surface area contributed by atoms with Gasteiger partial charge in [-0.3, -0.25) is 4.90 Å². The highest BCUT2D eigenvalue weighted by atomic mass is 35.5. The van der Waals surface area contributed by atoms with Crippen LogP contribution in [0.3, 0.4) is 0 Å². The summed E-state index contributed by atoms with van der Waals surface area (Å²) in [6.45, 7) is 3.18. The molecule has 4 aromatic rings. The van der Waals surface area contributed by atoms with Crippen LogP contribution in [-0.2, 0) is 22.8 Å². The number of sulfone groups is 1. The summed E-state index contributed by atoms with van der Waals surface area (Å²) in [4.78, 5) is 2.61. The van der Waals surface area contributed by atoms with Crippen LogP contribution in [0.15, 0.2) is 76.0 Å². The van der Waals surface area contributed by atoms with E-state index in [9.17, 15) is 8.42 Å². The lowest BCUT2D eigenvalue weighted by atomic mass is 9.94. The van der Waals surface area contributed by atoms with Crippen molar-refractivity contribution < 1.29 is 12.8 Å². The third-order valence-electron chi connectivity index (χ3n) is 7.30. The number of benzene rings is 3. The van der Waals surface area contributed by atoms with E-state index in [1.165, 1.54) is 11.1 Å². The van der Waals surface area contributed by atoms with Crippen LogP contribution in [0.2, 0.25) is 0 Å². The van der Waals surface area contributed by atoms with Gasteiger partial charge >= 0.3 is 0 Å². The van der Waals surface area contributed by atoms with E-state index in [1.54, 1.807) is 6.07 Å². The summed E-state index contributed by atoms with van der Waals surface area (Å²) in [7, 11) is -3.58. The van der Waals surface area contributed by atoms with Crippen LogP contribution >= 0.6 is 12.4 Å². The van der Waals surface area contributed by atoms with Gasteiger partial charge in [0.05, 0.1) is 4.90 Å². The number of hydrogen-bond acceptors (Lipinski definition) is 5. The molecule has 1 fully saturated rings. The zero-order valence-electron chi connectivity index (χ0n) is 18.9. The monoisotopic (exact) mass is 496 g/mol. The third-order valence-corrected chi connectivity index (χ3v) is 9.53. The van der Waals surface area contributed by atoms with Crippen LogP contribution in [0, 0.1) is 5.92 Å². The molecule has 1 aromatic heterocycles. The van der Waals surface area contributed by atoms with Gasteiger partial charge in [0.2, 0.25) is 0 Å². The second-order valence-electron chi connectivity index (χ2n) is 9.27. The van der Waals surface area contributed by atoms with E-state index in [0.29, 0.717) is 11.4 Å². The molecule has 0 radical (unpaired) electrons. The standard InChI is InChI=1S/C27H28N2O3S.ClH/c30-33(31,22-9-10-26-24(17-22)23-7-3-4-8-25(23)32-26)27(20-11-14-28-15-12-20)29-16-13-19-5-1-2-6-21(19)18-29;/h1-10,17,20,27-28H,11-16,18H2;1H. The van der Waals surface area contributed by atoms with Crippen LogP contribution in [0.4, 0.5) is 0 Å². The Bertz CT molecular complexity index is 1430. The lowest BCUT2D eigenvalue weighted by Gasteiger charge is -2.40. The summed E-state index contributed by atoms with van der Waals surface area (Å²) in [5.74, 6) is 0.110. The molecule has 1 atom stereocenters. The first kappa shape index (κ1) is 23.4. The molecule has 3 aromatic carbocycles. The quantitative estimate of drug-likeness (QED) is 0.422.